The summed E-state index contributed by atoms with van der Waals surface area (Å²) in [6.45, 7) is 1.62. The van der Waals surface area contributed by atoms with E-state index in [-0.39, 0.29) is 11.6 Å². The van der Waals surface area contributed by atoms with Gasteiger partial charge in [-0.2, -0.15) is 5.10 Å². The second-order valence-corrected chi connectivity index (χ2v) is 3.25. The van der Waals surface area contributed by atoms with E-state index in [1.807, 2.05) is 0 Å². The molecule has 82 valence electrons. The third-order valence-electron chi connectivity index (χ3n) is 2.05. The zero-order valence-corrected chi connectivity index (χ0v) is 8.49. The van der Waals surface area contributed by atoms with Gasteiger partial charge < -0.3 is 5.32 Å². The van der Waals surface area contributed by atoms with Crippen LogP contribution in [0.2, 0.25) is 0 Å². The Kier molecular flexibility index (Phi) is 2.63. The summed E-state index contributed by atoms with van der Waals surface area (Å²) >= 11 is 0. The number of halogens is 1. The molecule has 16 heavy (non-hydrogen) atoms. The lowest BCUT2D eigenvalue weighted by atomic mass is 10.2. The highest BCUT2D eigenvalue weighted by molar-refractivity contribution is 6.01. The molecule has 0 atom stereocenters. The molecule has 0 aliphatic carbocycles. The fourth-order valence-electron chi connectivity index (χ4n) is 1.23. The van der Waals surface area contributed by atoms with Crippen LogP contribution in [0, 0.1) is 12.7 Å². The minimum atomic E-state index is -0.413. The molecule has 0 aliphatic heterocycles. The van der Waals surface area contributed by atoms with Gasteiger partial charge in [0.05, 0.1) is 0 Å². The molecule has 0 unspecified atom stereocenters. The number of nitrogens with one attached hydrogen (secondary N) is 2. The molecule has 0 fully saturated rings. The van der Waals surface area contributed by atoms with E-state index >= 15 is 0 Å². The van der Waals surface area contributed by atoms with E-state index in [0.29, 0.717) is 11.3 Å². The third-order valence-corrected chi connectivity index (χ3v) is 2.05. The zero-order valence-electron chi connectivity index (χ0n) is 8.49. The normalized spacial score (nSPS) is 10.1. The van der Waals surface area contributed by atoms with Crippen LogP contribution in [-0.4, -0.2) is 21.1 Å². The first-order chi connectivity index (χ1) is 7.66. The number of anilines is 1. The fraction of sp³-hybridized carbons (Fsp3) is 0.100. The van der Waals surface area contributed by atoms with Crippen LogP contribution in [0.5, 0.6) is 0 Å². The SMILES string of the molecule is Cc1cc(NC(=O)c2ncn[nH]2)ccc1F. The Hall–Kier alpha value is -2.24. The predicted octanol–water partition coefficient (Wildman–Crippen LogP) is 1.50. The van der Waals surface area contributed by atoms with E-state index in [4.69, 9.17) is 0 Å². The minimum Gasteiger partial charge on any atom is -0.319 e. The maximum atomic E-state index is 13.0. The molecule has 2 rings (SSSR count). The van der Waals surface area contributed by atoms with Crippen molar-refractivity contribution < 1.29 is 9.18 Å². The van der Waals surface area contributed by atoms with Gasteiger partial charge in [-0.25, -0.2) is 9.37 Å². The first kappa shape index (κ1) is 10.3. The van der Waals surface area contributed by atoms with Gasteiger partial charge in [0.1, 0.15) is 12.1 Å². The van der Waals surface area contributed by atoms with Gasteiger partial charge in [0.25, 0.3) is 5.91 Å². The highest BCUT2D eigenvalue weighted by Crippen LogP contribution is 2.13. The van der Waals surface area contributed by atoms with Gasteiger partial charge in [0.15, 0.2) is 0 Å². The lowest BCUT2D eigenvalue weighted by Crippen LogP contribution is -2.13. The Labute approximate surface area is 90.7 Å². The van der Waals surface area contributed by atoms with Crippen molar-refractivity contribution in [2.24, 2.45) is 0 Å². The largest absolute Gasteiger partial charge is 0.319 e. The number of hydrogen-bond donors (Lipinski definition) is 2. The Bertz CT molecular complexity index is 510. The van der Waals surface area contributed by atoms with Gasteiger partial charge in [0, 0.05) is 5.69 Å². The fourth-order valence-corrected chi connectivity index (χ4v) is 1.23. The molecular weight excluding hydrogens is 211 g/mol. The van der Waals surface area contributed by atoms with Gasteiger partial charge in [-0.15, -0.1) is 0 Å². The number of aryl methyl sites for hydroxylation is 1. The molecule has 0 aliphatic rings. The average molecular weight is 220 g/mol. The average Bonchev–Trinajstić information content (AvgIpc) is 2.77. The maximum absolute atomic E-state index is 13.0. The van der Waals surface area contributed by atoms with Crippen molar-refractivity contribution in [2.75, 3.05) is 5.32 Å². The first-order valence-corrected chi connectivity index (χ1v) is 4.59. The predicted molar refractivity (Wildman–Crippen MR) is 55.5 cm³/mol. The lowest BCUT2D eigenvalue weighted by Gasteiger charge is -2.04. The zero-order chi connectivity index (χ0) is 11.5. The second-order valence-electron chi connectivity index (χ2n) is 3.25. The second kappa shape index (κ2) is 4.09. The standard InChI is InChI=1S/C10H9FN4O/c1-6-4-7(2-3-8(6)11)14-10(16)9-12-5-13-15-9/h2-5H,1H3,(H,14,16)(H,12,13,15). The topological polar surface area (TPSA) is 70.7 Å². The highest BCUT2D eigenvalue weighted by atomic mass is 19.1. The van der Waals surface area contributed by atoms with E-state index in [0.717, 1.165) is 0 Å². The Morgan fingerprint density at radius 3 is 2.94 bits per heavy atom. The van der Waals surface area contributed by atoms with Gasteiger partial charge in [0.2, 0.25) is 5.82 Å². The molecule has 5 nitrogen and oxygen atoms in total. The third kappa shape index (κ3) is 2.05. The molecule has 1 heterocycles. The van der Waals surface area contributed by atoms with Crippen LogP contribution < -0.4 is 5.32 Å². The van der Waals surface area contributed by atoms with Crippen molar-refractivity contribution in [3.05, 3.63) is 41.7 Å². The van der Waals surface area contributed by atoms with Crippen LogP contribution in [0.4, 0.5) is 10.1 Å². The quantitative estimate of drug-likeness (QED) is 0.805. The molecular formula is C10H9FN4O. The van der Waals surface area contributed by atoms with Crippen molar-refractivity contribution in [3.8, 4) is 0 Å². The number of rotatable bonds is 2. The van der Waals surface area contributed by atoms with Gasteiger partial charge in [-0.05, 0) is 30.7 Å². The number of aromatic amines is 1. The number of hydrogen-bond acceptors (Lipinski definition) is 3. The summed E-state index contributed by atoms with van der Waals surface area (Å²) in [5.41, 5.74) is 0.982. The number of H-pyrrole nitrogens is 1. The molecule has 0 saturated carbocycles. The van der Waals surface area contributed by atoms with E-state index in [2.05, 4.69) is 20.5 Å². The molecule has 2 N–H and O–H groups in total. The van der Waals surface area contributed by atoms with Gasteiger partial charge in [-0.3, -0.25) is 9.89 Å². The summed E-state index contributed by atoms with van der Waals surface area (Å²) in [6.07, 6.45) is 1.24. The van der Waals surface area contributed by atoms with Gasteiger partial charge in [-0.1, -0.05) is 0 Å². The monoisotopic (exact) mass is 220 g/mol. The summed E-state index contributed by atoms with van der Waals surface area (Å²) in [5.74, 6) is -0.608. The van der Waals surface area contributed by atoms with Crippen LogP contribution >= 0.6 is 0 Å². The van der Waals surface area contributed by atoms with Crippen molar-refractivity contribution in [1.29, 1.82) is 0 Å². The van der Waals surface area contributed by atoms with Crippen LogP contribution in [0.3, 0.4) is 0 Å². The summed E-state index contributed by atoms with van der Waals surface area (Å²) in [4.78, 5) is 15.2. The molecule has 0 bridgehead atoms. The Balaban J connectivity index is 2.15. The van der Waals surface area contributed by atoms with Gasteiger partial charge >= 0.3 is 0 Å². The summed E-state index contributed by atoms with van der Waals surface area (Å²) in [5, 5.41) is 8.57. The Morgan fingerprint density at radius 1 is 1.50 bits per heavy atom. The Morgan fingerprint density at radius 2 is 2.31 bits per heavy atom. The minimum absolute atomic E-state index is 0.113. The number of aromatic nitrogens is 3. The molecule has 1 aromatic heterocycles. The van der Waals surface area contributed by atoms with Crippen molar-refractivity contribution in [1.82, 2.24) is 15.2 Å². The smallest absolute Gasteiger partial charge is 0.292 e. The lowest BCUT2D eigenvalue weighted by molar-refractivity contribution is 0.101. The van der Waals surface area contributed by atoms with E-state index < -0.39 is 5.91 Å². The van der Waals surface area contributed by atoms with E-state index in [9.17, 15) is 9.18 Å². The van der Waals surface area contributed by atoms with E-state index in [1.165, 1.54) is 18.5 Å². The number of amides is 1. The number of carbonyl (C=O) groups excluding carboxylic acids is 1. The molecule has 2 aromatic rings. The van der Waals surface area contributed by atoms with Crippen LogP contribution in [-0.2, 0) is 0 Å². The molecule has 0 radical (unpaired) electrons. The van der Waals surface area contributed by atoms with E-state index in [1.54, 1.807) is 13.0 Å². The molecule has 6 heteroatoms. The van der Waals surface area contributed by atoms with Crippen molar-refractivity contribution >= 4 is 11.6 Å². The summed E-state index contributed by atoms with van der Waals surface area (Å²) < 4.78 is 13.0. The molecule has 0 spiro atoms. The van der Waals surface area contributed by atoms with Crippen LogP contribution in [0.1, 0.15) is 16.2 Å². The van der Waals surface area contributed by atoms with Crippen molar-refractivity contribution in [3.63, 3.8) is 0 Å². The maximum Gasteiger partial charge on any atom is 0.292 e. The number of carbonyl (C=O) groups is 1. The highest BCUT2D eigenvalue weighted by Gasteiger charge is 2.09. The molecule has 1 amide bonds. The number of nitrogens with zero attached hydrogens (tertiary/aromatic N) is 2. The summed E-state index contributed by atoms with van der Waals surface area (Å²) in [7, 11) is 0. The van der Waals surface area contributed by atoms with Crippen LogP contribution in [0.15, 0.2) is 24.5 Å². The molecule has 0 saturated heterocycles. The number of benzene rings is 1. The van der Waals surface area contributed by atoms with Crippen molar-refractivity contribution in [2.45, 2.75) is 6.92 Å². The first-order valence-electron chi connectivity index (χ1n) is 4.59. The summed E-state index contributed by atoms with van der Waals surface area (Å²) in [6, 6.07) is 4.32. The van der Waals surface area contributed by atoms with Crippen LogP contribution in [0.25, 0.3) is 0 Å². The molecule has 1 aromatic carbocycles.